The number of rotatable bonds is 9. The van der Waals surface area contributed by atoms with Gasteiger partial charge in [0.25, 0.3) is 0 Å². The molecule has 6 heteroatoms. The summed E-state index contributed by atoms with van der Waals surface area (Å²) < 4.78 is 5.57. The van der Waals surface area contributed by atoms with Crippen LogP contribution in [0.15, 0.2) is 115 Å². The number of nitrogens with zero attached hydrogens (tertiary/aromatic N) is 1. The van der Waals surface area contributed by atoms with E-state index in [9.17, 15) is 10.1 Å². The maximum atomic E-state index is 13.7. The van der Waals surface area contributed by atoms with Crippen LogP contribution in [0.1, 0.15) is 18.9 Å². The Kier molecular flexibility index (Phi) is 8.13. The van der Waals surface area contributed by atoms with Crippen LogP contribution in [0.4, 0.5) is 0 Å². The Labute approximate surface area is 217 Å². The highest BCUT2D eigenvalue weighted by Gasteiger charge is 2.46. The van der Waals surface area contributed by atoms with Crippen molar-refractivity contribution < 1.29 is 9.53 Å². The van der Waals surface area contributed by atoms with Gasteiger partial charge in [-0.25, -0.2) is 4.79 Å². The van der Waals surface area contributed by atoms with Crippen molar-refractivity contribution in [1.82, 2.24) is 5.09 Å². The van der Waals surface area contributed by atoms with E-state index in [4.69, 9.17) is 16.5 Å². The van der Waals surface area contributed by atoms with E-state index in [0.29, 0.717) is 5.56 Å². The zero-order chi connectivity index (χ0) is 25.4. The Balaban J connectivity index is 1.89. The molecule has 180 valence electrons. The fourth-order valence-electron chi connectivity index (χ4n) is 4.22. The van der Waals surface area contributed by atoms with Gasteiger partial charge in [-0.15, -0.1) is 0 Å². The van der Waals surface area contributed by atoms with Crippen molar-refractivity contribution in [2.45, 2.75) is 18.9 Å². The van der Waals surface area contributed by atoms with Crippen LogP contribution in [0.5, 0.6) is 0 Å². The number of hydrogen-bond acceptors (Lipinski definition) is 4. The van der Waals surface area contributed by atoms with Crippen LogP contribution in [-0.4, -0.2) is 12.6 Å². The zero-order valence-electron chi connectivity index (χ0n) is 20.0. The molecule has 4 nitrogen and oxygen atoms in total. The first-order valence-electron chi connectivity index (χ1n) is 11.7. The third-order valence-electron chi connectivity index (χ3n) is 6.04. The number of carbonyl (C=O) groups excluding carboxylic acids is 1. The van der Waals surface area contributed by atoms with Crippen LogP contribution < -0.4 is 15.7 Å². The van der Waals surface area contributed by atoms with E-state index < -0.39 is 17.7 Å². The second-order valence-corrected chi connectivity index (χ2v) is 12.4. The Morgan fingerprint density at radius 3 is 1.78 bits per heavy atom. The third-order valence-corrected chi connectivity index (χ3v) is 10.3. The van der Waals surface area contributed by atoms with Gasteiger partial charge in [-0.2, -0.15) is 5.26 Å². The zero-order valence-corrected chi connectivity index (χ0v) is 21.7. The number of benzene rings is 4. The molecule has 36 heavy (non-hydrogen) atoms. The van der Waals surface area contributed by atoms with E-state index in [1.165, 1.54) is 0 Å². The van der Waals surface area contributed by atoms with Crippen molar-refractivity contribution in [1.29, 1.82) is 5.26 Å². The number of hydrogen-bond donors (Lipinski definition) is 1. The summed E-state index contributed by atoms with van der Waals surface area (Å²) >= 11 is 6.39. The predicted molar refractivity (Wildman–Crippen MR) is 150 cm³/mol. The van der Waals surface area contributed by atoms with Gasteiger partial charge >= 0.3 is 5.97 Å². The van der Waals surface area contributed by atoms with Crippen molar-refractivity contribution in [3.63, 3.8) is 0 Å². The maximum absolute atomic E-state index is 13.7. The topological polar surface area (TPSA) is 62.1 Å². The molecule has 0 bridgehead atoms. The molecule has 0 amide bonds. The molecule has 0 fully saturated rings. The first-order chi connectivity index (χ1) is 17.5. The van der Waals surface area contributed by atoms with Crippen molar-refractivity contribution in [3.05, 3.63) is 121 Å². The average molecular weight is 511 g/mol. The van der Waals surface area contributed by atoms with E-state index >= 15 is 0 Å². The van der Waals surface area contributed by atoms with E-state index in [1.54, 1.807) is 6.92 Å². The van der Waals surface area contributed by atoms with Gasteiger partial charge in [0, 0.05) is 10.6 Å². The number of nitriles is 1. The Hall–Kier alpha value is -3.55. The lowest BCUT2D eigenvalue weighted by Gasteiger charge is -2.37. The molecule has 4 rings (SSSR count). The third kappa shape index (κ3) is 5.17. The molecule has 4 aromatic carbocycles. The minimum absolute atomic E-state index is 0.130. The number of ether oxygens (including phenoxy) is 1. The van der Waals surface area contributed by atoms with Crippen molar-refractivity contribution in [2.75, 3.05) is 6.61 Å². The van der Waals surface area contributed by atoms with Gasteiger partial charge in [-0.05, 0) is 23.6 Å². The first kappa shape index (κ1) is 25.5. The smallest absolute Gasteiger partial charge is 0.332 e. The largest absolute Gasteiger partial charge is 0.464 e. The molecule has 1 N–H and O–H groups in total. The van der Waals surface area contributed by atoms with Gasteiger partial charge in [0.2, 0.25) is 0 Å². The van der Waals surface area contributed by atoms with Gasteiger partial charge in [0.1, 0.15) is 0 Å². The molecule has 0 aliphatic carbocycles. The second kappa shape index (κ2) is 11.5. The van der Waals surface area contributed by atoms with E-state index in [1.807, 2.05) is 115 Å². The molecular weight excluding hydrogens is 483 g/mol. The molecule has 0 saturated heterocycles. The molecular formula is C30H27N2O2PS. The summed E-state index contributed by atoms with van der Waals surface area (Å²) in [5, 5.41) is 15.3. The van der Waals surface area contributed by atoms with E-state index in [2.05, 4.69) is 11.2 Å². The quantitative estimate of drug-likeness (QED) is 0.233. The van der Waals surface area contributed by atoms with Gasteiger partial charge < -0.3 is 4.74 Å². The fraction of sp³-hybridized carbons (Fsp3) is 0.133. The molecule has 0 aromatic heterocycles. The number of carbonyl (C=O) groups is 1. The molecule has 4 aromatic rings. The normalized spacial score (nSPS) is 12.8. The van der Waals surface area contributed by atoms with Crippen LogP contribution in [-0.2, 0) is 26.9 Å². The summed E-state index contributed by atoms with van der Waals surface area (Å²) in [7, 11) is 0. The number of esters is 1. The van der Waals surface area contributed by atoms with Gasteiger partial charge in [-0.3, -0.25) is 5.09 Å². The lowest BCUT2D eigenvalue weighted by atomic mass is 9.87. The van der Waals surface area contributed by atoms with Gasteiger partial charge in [-0.1, -0.05) is 127 Å². The van der Waals surface area contributed by atoms with Crippen molar-refractivity contribution in [2.24, 2.45) is 0 Å². The molecule has 0 aliphatic heterocycles. The highest BCUT2D eigenvalue weighted by molar-refractivity contribution is 8.21. The highest BCUT2D eigenvalue weighted by Crippen LogP contribution is 2.46. The van der Waals surface area contributed by atoms with Crippen LogP contribution in [0.3, 0.4) is 0 Å². The SMILES string of the molecule is CCOC(=O)[C@](CC#N)(NP(=S)(c1ccccc1)c1ccccc1)c1ccc(-c2ccccc2)cc1. The predicted octanol–water partition coefficient (Wildman–Crippen LogP) is 5.66. The van der Waals surface area contributed by atoms with Crippen molar-refractivity contribution in [3.8, 4) is 17.2 Å². The standard InChI is InChI=1S/C30H27N2O2PS/c1-2-34-29(33)30(22-23-31,26-20-18-25(19-21-26)24-12-6-3-7-13-24)32-35(36,27-14-8-4-9-15-27)28-16-10-5-11-17-28/h3-21H,2,22H2,1H3,(H,32,36)/t30-/m1/s1. The summed E-state index contributed by atoms with van der Waals surface area (Å²) in [5.74, 6) is -0.514. The monoisotopic (exact) mass is 510 g/mol. The Bertz CT molecular complexity index is 1340. The molecule has 0 heterocycles. The van der Waals surface area contributed by atoms with Crippen LogP contribution in [0.25, 0.3) is 11.1 Å². The molecule has 0 radical (unpaired) electrons. The summed E-state index contributed by atoms with van der Waals surface area (Å²) in [6.45, 7) is 1.95. The molecule has 0 spiro atoms. The minimum atomic E-state index is -2.76. The second-order valence-electron chi connectivity index (χ2n) is 8.30. The fourth-order valence-corrected chi connectivity index (χ4v) is 7.99. The van der Waals surface area contributed by atoms with Gasteiger partial charge in [0.15, 0.2) is 5.54 Å². The maximum Gasteiger partial charge on any atom is 0.332 e. The molecule has 0 aliphatic rings. The van der Waals surface area contributed by atoms with Crippen LogP contribution >= 0.6 is 6.19 Å². The summed E-state index contributed by atoms with van der Waals surface area (Å²) in [5.41, 5.74) is 1.28. The summed E-state index contributed by atoms with van der Waals surface area (Å²) in [6.07, 6.45) is -2.89. The lowest BCUT2D eigenvalue weighted by molar-refractivity contribution is -0.150. The number of nitrogens with one attached hydrogen (secondary N) is 1. The van der Waals surface area contributed by atoms with E-state index in [-0.39, 0.29) is 13.0 Å². The molecule has 1 atom stereocenters. The molecule has 0 unspecified atom stereocenters. The minimum Gasteiger partial charge on any atom is -0.464 e. The Morgan fingerprint density at radius 2 is 1.31 bits per heavy atom. The van der Waals surface area contributed by atoms with Crippen LogP contribution in [0, 0.1) is 11.3 Å². The first-order valence-corrected chi connectivity index (χ1v) is 14.5. The Morgan fingerprint density at radius 1 is 0.833 bits per heavy atom. The summed E-state index contributed by atoms with van der Waals surface area (Å²) in [6, 6.07) is 39.5. The van der Waals surface area contributed by atoms with E-state index in [0.717, 1.165) is 21.7 Å². The van der Waals surface area contributed by atoms with Crippen molar-refractivity contribution >= 4 is 34.6 Å². The lowest BCUT2D eigenvalue weighted by Crippen LogP contribution is -2.51. The van der Waals surface area contributed by atoms with Crippen LogP contribution in [0.2, 0.25) is 0 Å². The van der Waals surface area contributed by atoms with Gasteiger partial charge in [0.05, 0.1) is 25.3 Å². The summed E-state index contributed by atoms with van der Waals surface area (Å²) in [4.78, 5) is 13.7. The molecule has 0 saturated carbocycles. The highest BCUT2D eigenvalue weighted by atomic mass is 32.4. The average Bonchev–Trinajstić information content (AvgIpc) is 2.94.